The number of aryl methyl sites for hydroxylation is 3. The molecule has 38 heavy (non-hydrogen) atoms. The molecule has 0 spiro atoms. The Hall–Kier alpha value is -2.96. The van der Waals surface area contributed by atoms with Crippen LogP contribution in [0.2, 0.25) is 0 Å². The normalized spacial score (nSPS) is 35.3. The molecular formula is C32H34N6. The summed E-state index contributed by atoms with van der Waals surface area (Å²) in [6.45, 7) is 0. The summed E-state index contributed by atoms with van der Waals surface area (Å²) in [7, 11) is 0. The summed E-state index contributed by atoms with van der Waals surface area (Å²) in [6, 6.07) is 9.54. The minimum Gasteiger partial charge on any atom is -0.344 e. The average molecular weight is 503 g/mol. The zero-order valence-corrected chi connectivity index (χ0v) is 21.7. The van der Waals surface area contributed by atoms with Crippen molar-refractivity contribution < 1.29 is 0 Å². The summed E-state index contributed by atoms with van der Waals surface area (Å²) < 4.78 is 0. The second-order valence-electron chi connectivity index (χ2n) is 13.1. The van der Waals surface area contributed by atoms with Gasteiger partial charge in [-0.3, -0.25) is 0 Å². The predicted molar refractivity (Wildman–Crippen MR) is 147 cm³/mol. The highest BCUT2D eigenvalue weighted by atomic mass is 15.1. The third kappa shape index (κ3) is 3.07. The number of nitrogens with one attached hydrogen (secondary N) is 4. The van der Waals surface area contributed by atoms with Crippen molar-refractivity contribution in [2.45, 2.75) is 87.9 Å². The first-order valence-corrected chi connectivity index (χ1v) is 15.0. The van der Waals surface area contributed by atoms with Gasteiger partial charge >= 0.3 is 0 Å². The van der Waals surface area contributed by atoms with Gasteiger partial charge in [0.2, 0.25) is 0 Å². The van der Waals surface area contributed by atoms with E-state index in [1.54, 1.807) is 0 Å². The number of hydrogen-bond acceptors (Lipinski definition) is 4. The van der Waals surface area contributed by atoms with Crippen LogP contribution in [0.25, 0.3) is 16.8 Å². The lowest BCUT2D eigenvalue weighted by Gasteiger charge is -2.26. The first-order valence-electron chi connectivity index (χ1n) is 15.0. The molecule has 7 aliphatic rings. The summed E-state index contributed by atoms with van der Waals surface area (Å²) in [5.41, 5.74) is 12.2. The molecule has 2 saturated heterocycles. The molecule has 4 N–H and O–H groups in total. The molecule has 5 aliphatic carbocycles. The lowest BCUT2D eigenvalue weighted by atomic mass is 9.79. The summed E-state index contributed by atoms with van der Waals surface area (Å²) in [5.74, 6) is 4.56. The number of piperidine rings is 2. The van der Waals surface area contributed by atoms with Gasteiger partial charge in [-0.1, -0.05) is 30.4 Å². The maximum absolute atomic E-state index is 5.14. The molecule has 2 aromatic heterocycles. The van der Waals surface area contributed by atoms with E-state index in [1.807, 2.05) is 0 Å². The number of imidazole rings is 2. The minimum atomic E-state index is 0.420. The van der Waals surface area contributed by atoms with Gasteiger partial charge in [-0.25, -0.2) is 9.97 Å². The summed E-state index contributed by atoms with van der Waals surface area (Å²) >= 11 is 0. The fourth-order valence-corrected chi connectivity index (χ4v) is 8.34. The monoisotopic (exact) mass is 502 g/mol. The van der Waals surface area contributed by atoms with Crippen molar-refractivity contribution >= 4 is 5.57 Å². The van der Waals surface area contributed by atoms with Gasteiger partial charge in [0, 0.05) is 40.5 Å². The van der Waals surface area contributed by atoms with Gasteiger partial charge in [-0.2, -0.15) is 0 Å². The van der Waals surface area contributed by atoms with Crippen LogP contribution < -0.4 is 10.6 Å². The fourth-order valence-electron chi connectivity index (χ4n) is 8.34. The second-order valence-corrected chi connectivity index (χ2v) is 13.1. The molecule has 192 valence electrons. The molecule has 3 aromatic rings. The van der Waals surface area contributed by atoms with Gasteiger partial charge < -0.3 is 20.6 Å². The van der Waals surface area contributed by atoms with Crippen LogP contribution in [0.15, 0.2) is 35.9 Å². The fraction of sp³-hybridized carbons (Fsp3) is 0.500. The van der Waals surface area contributed by atoms with Gasteiger partial charge in [-0.05, 0) is 86.3 Å². The van der Waals surface area contributed by atoms with Gasteiger partial charge in [-0.15, -0.1) is 0 Å². The maximum atomic E-state index is 5.14. The number of aromatic nitrogens is 4. The molecule has 2 saturated carbocycles. The lowest BCUT2D eigenvalue weighted by molar-refractivity contribution is 0.542. The molecule has 0 radical (unpaired) electrons. The predicted octanol–water partition coefficient (Wildman–Crippen LogP) is 5.19. The van der Waals surface area contributed by atoms with Crippen LogP contribution in [-0.4, -0.2) is 32.0 Å². The summed E-state index contributed by atoms with van der Waals surface area (Å²) in [5, 5.41) is 7.53. The molecule has 0 amide bonds. The SMILES string of the molecule is C1=C2CCc3[nH]c(C4CC5C[C@H]5N4)nc3C2=CCC1c1ccc2c(c1)CCc1[nH]c([C@@H]3CC4CC4N3)nc1-2. The van der Waals surface area contributed by atoms with Crippen molar-refractivity contribution in [1.29, 1.82) is 0 Å². The molecule has 6 nitrogen and oxygen atoms in total. The number of H-pyrrole nitrogens is 2. The first kappa shape index (κ1) is 20.9. The molecule has 2 aliphatic heterocycles. The zero-order valence-electron chi connectivity index (χ0n) is 21.7. The zero-order chi connectivity index (χ0) is 24.5. The number of hydrogen-bond donors (Lipinski definition) is 4. The molecule has 0 bridgehead atoms. The second kappa shape index (κ2) is 7.36. The van der Waals surface area contributed by atoms with E-state index in [4.69, 9.17) is 9.97 Å². The van der Waals surface area contributed by atoms with Crippen LogP contribution in [-0.2, 0) is 19.3 Å². The third-order valence-electron chi connectivity index (χ3n) is 10.7. The number of benzene rings is 1. The first-order chi connectivity index (χ1) is 18.7. The third-order valence-corrected chi connectivity index (χ3v) is 10.7. The number of fused-ring (bicyclic) bond motifs is 8. The van der Waals surface area contributed by atoms with Crippen LogP contribution in [0.1, 0.15) is 96.4 Å². The molecule has 7 atom stereocenters. The number of nitrogens with zero attached hydrogens (tertiary/aromatic N) is 2. The Morgan fingerprint density at radius 1 is 0.737 bits per heavy atom. The van der Waals surface area contributed by atoms with Gasteiger partial charge in [0.1, 0.15) is 11.6 Å². The smallest absolute Gasteiger partial charge is 0.124 e. The molecule has 10 rings (SSSR count). The van der Waals surface area contributed by atoms with Crippen molar-refractivity contribution in [3.63, 3.8) is 0 Å². The van der Waals surface area contributed by atoms with E-state index in [0.29, 0.717) is 18.0 Å². The molecule has 4 heterocycles. The van der Waals surface area contributed by atoms with Crippen LogP contribution in [0.5, 0.6) is 0 Å². The molecular weight excluding hydrogens is 468 g/mol. The van der Waals surface area contributed by atoms with Crippen LogP contribution in [0.4, 0.5) is 0 Å². The Morgan fingerprint density at radius 3 is 2.18 bits per heavy atom. The van der Waals surface area contributed by atoms with E-state index in [-0.39, 0.29) is 0 Å². The van der Waals surface area contributed by atoms with Gasteiger partial charge in [0.15, 0.2) is 0 Å². The van der Waals surface area contributed by atoms with Crippen molar-refractivity contribution in [2.75, 3.05) is 0 Å². The van der Waals surface area contributed by atoms with E-state index >= 15 is 0 Å². The Labute approximate surface area is 222 Å². The Morgan fingerprint density at radius 2 is 1.45 bits per heavy atom. The number of rotatable bonds is 3. The Kier molecular flexibility index (Phi) is 4.06. The van der Waals surface area contributed by atoms with E-state index in [2.05, 4.69) is 51.0 Å². The van der Waals surface area contributed by atoms with Crippen LogP contribution in [0.3, 0.4) is 0 Å². The van der Waals surface area contributed by atoms with Gasteiger partial charge in [0.25, 0.3) is 0 Å². The highest BCUT2D eigenvalue weighted by Gasteiger charge is 2.48. The van der Waals surface area contributed by atoms with Crippen molar-refractivity contribution in [3.8, 4) is 11.3 Å². The van der Waals surface area contributed by atoms with Crippen LogP contribution in [0, 0.1) is 11.8 Å². The largest absolute Gasteiger partial charge is 0.344 e. The quantitative estimate of drug-likeness (QED) is 0.397. The molecule has 5 unspecified atom stereocenters. The van der Waals surface area contributed by atoms with Crippen LogP contribution >= 0.6 is 0 Å². The maximum Gasteiger partial charge on any atom is 0.124 e. The number of allylic oxidation sites excluding steroid dienone is 4. The lowest BCUT2D eigenvalue weighted by Crippen LogP contribution is -2.18. The molecule has 4 fully saturated rings. The molecule has 6 heteroatoms. The Balaban J connectivity index is 0.915. The summed E-state index contributed by atoms with van der Waals surface area (Å²) in [4.78, 5) is 17.7. The van der Waals surface area contributed by atoms with Crippen molar-refractivity contribution in [3.05, 3.63) is 75.8 Å². The minimum absolute atomic E-state index is 0.420. The number of aromatic amines is 2. The Bertz CT molecular complexity index is 1550. The average Bonchev–Trinajstić information content (AvgIpc) is 3.54. The van der Waals surface area contributed by atoms with E-state index in [0.717, 1.165) is 61.8 Å². The molecule has 1 aromatic carbocycles. The van der Waals surface area contributed by atoms with E-state index < -0.39 is 0 Å². The van der Waals surface area contributed by atoms with Crippen molar-refractivity contribution in [2.24, 2.45) is 11.8 Å². The van der Waals surface area contributed by atoms with E-state index in [9.17, 15) is 0 Å². The van der Waals surface area contributed by atoms with E-state index in [1.165, 1.54) is 82.1 Å². The highest BCUT2D eigenvalue weighted by Crippen LogP contribution is 2.48. The summed E-state index contributed by atoms with van der Waals surface area (Å²) in [6.07, 6.45) is 15.6. The van der Waals surface area contributed by atoms with Crippen molar-refractivity contribution in [1.82, 2.24) is 30.6 Å². The van der Waals surface area contributed by atoms with Gasteiger partial charge in [0.05, 0.1) is 23.5 Å². The topological polar surface area (TPSA) is 81.4 Å². The highest BCUT2D eigenvalue weighted by molar-refractivity contribution is 5.81. The standard InChI is InChI=1S/C32H34N6/c1-5-21-17(3-7-23-29(21)37-31(35-23)27-13-19-11-25(19)33-27)9-15(1)16-2-6-22-18(10-16)4-8-24-30(22)38-32(36-24)28-14-20-12-26(20)34-28/h1,5-6,9-10,16,19-20,25-28,33-34H,2-4,7-8,11-14H2,(H,35,37)(H,36,38)/t16?,19?,20?,25?,26-,27+,28?/m1/s1.